The van der Waals surface area contributed by atoms with Crippen molar-refractivity contribution in [3.05, 3.63) is 42.3 Å². The lowest BCUT2D eigenvalue weighted by atomic mass is 10.1. The van der Waals surface area contributed by atoms with Gasteiger partial charge < -0.3 is 19.4 Å². The van der Waals surface area contributed by atoms with Crippen LogP contribution in [0.1, 0.15) is 39.3 Å². The maximum absolute atomic E-state index is 6.11. The van der Waals surface area contributed by atoms with Gasteiger partial charge in [-0.15, -0.1) is 24.0 Å². The molecule has 1 aromatic carbocycles. The molecule has 0 saturated carbocycles. The van der Waals surface area contributed by atoms with Gasteiger partial charge in [-0.2, -0.15) is 0 Å². The van der Waals surface area contributed by atoms with E-state index in [0.717, 1.165) is 43.1 Å². The molecule has 0 amide bonds. The van der Waals surface area contributed by atoms with E-state index in [4.69, 9.17) is 9.15 Å². The van der Waals surface area contributed by atoms with Crippen LogP contribution < -0.4 is 5.32 Å². The standard InChI is InChI=1S/C21H30N4O2.HI/c1-21(2,3)27-18-10-12-25(13-11-18)20(22-4)23-14-17-15-26-19(24-17)16-8-6-5-7-9-16;/h5-9,15,18H,10-14H2,1-4H3,(H,22,23);1H. The van der Waals surface area contributed by atoms with E-state index in [1.807, 2.05) is 37.4 Å². The van der Waals surface area contributed by atoms with Crippen molar-refractivity contribution in [3.8, 4) is 11.5 Å². The first-order chi connectivity index (χ1) is 12.9. The van der Waals surface area contributed by atoms with Crippen LogP contribution in [0.5, 0.6) is 0 Å². The summed E-state index contributed by atoms with van der Waals surface area (Å²) in [6, 6.07) is 9.92. The zero-order chi connectivity index (χ0) is 19.3. The van der Waals surface area contributed by atoms with Crippen LogP contribution in [0.15, 0.2) is 46.0 Å². The van der Waals surface area contributed by atoms with Crippen molar-refractivity contribution in [1.82, 2.24) is 15.2 Å². The van der Waals surface area contributed by atoms with Crippen LogP contribution >= 0.6 is 24.0 Å². The number of benzene rings is 1. The summed E-state index contributed by atoms with van der Waals surface area (Å²) in [7, 11) is 1.82. The van der Waals surface area contributed by atoms with Crippen LogP contribution in [0, 0.1) is 0 Å². The van der Waals surface area contributed by atoms with Crippen molar-refractivity contribution in [1.29, 1.82) is 0 Å². The molecule has 1 aromatic heterocycles. The molecule has 0 radical (unpaired) electrons. The maximum atomic E-state index is 6.11. The molecule has 0 spiro atoms. The number of halogens is 1. The molecule has 3 rings (SSSR count). The number of aliphatic imine (C=N–C) groups is 1. The quantitative estimate of drug-likeness (QED) is 0.387. The largest absolute Gasteiger partial charge is 0.444 e. The minimum atomic E-state index is -0.0871. The summed E-state index contributed by atoms with van der Waals surface area (Å²) in [5.41, 5.74) is 1.76. The average molecular weight is 498 g/mol. The van der Waals surface area contributed by atoms with Gasteiger partial charge in [-0.25, -0.2) is 4.98 Å². The van der Waals surface area contributed by atoms with Crippen molar-refractivity contribution in [2.75, 3.05) is 20.1 Å². The fourth-order valence-corrected chi connectivity index (χ4v) is 3.29. The van der Waals surface area contributed by atoms with Gasteiger partial charge in [-0.05, 0) is 45.7 Å². The number of oxazole rings is 1. The number of piperidine rings is 1. The molecule has 0 atom stereocenters. The van der Waals surface area contributed by atoms with Gasteiger partial charge in [0.2, 0.25) is 5.89 Å². The van der Waals surface area contributed by atoms with Gasteiger partial charge in [0.25, 0.3) is 0 Å². The highest BCUT2D eigenvalue weighted by atomic mass is 127. The van der Waals surface area contributed by atoms with E-state index < -0.39 is 0 Å². The van der Waals surface area contributed by atoms with Gasteiger partial charge in [0, 0.05) is 25.7 Å². The normalized spacial score (nSPS) is 16.0. The summed E-state index contributed by atoms with van der Waals surface area (Å²) in [5.74, 6) is 1.54. The molecular formula is C21H31IN4O2. The fourth-order valence-electron chi connectivity index (χ4n) is 3.29. The van der Waals surface area contributed by atoms with Gasteiger partial charge in [0.1, 0.15) is 6.26 Å². The van der Waals surface area contributed by atoms with Gasteiger partial charge in [0.15, 0.2) is 5.96 Å². The summed E-state index contributed by atoms with van der Waals surface area (Å²) in [4.78, 5) is 11.3. The Morgan fingerprint density at radius 1 is 1.25 bits per heavy atom. The first-order valence-electron chi connectivity index (χ1n) is 9.58. The molecule has 1 N–H and O–H groups in total. The molecule has 0 bridgehead atoms. The number of hydrogen-bond acceptors (Lipinski definition) is 4. The highest BCUT2D eigenvalue weighted by molar-refractivity contribution is 14.0. The van der Waals surface area contributed by atoms with E-state index in [2.05, 4.69) is 41.0 Å². The Morgan fingerprint density at radius 2 is 1.93 bits per heavy atom. The van der Waals surface area contributed by atoms with E-state index in [-0.39, 0.29) is 29.6 Å². The lowest BCUT2D eigenvalue weighted by Gasteiger charge is -2.36. The first kappa shape index (κ1) is 22.7. The number of likely N-dealkylation sites (tertiary alicyclic amines) is 1. The second-order valence-corrected chi connectivity index (χ2v) is 7.83. The van der Waals surface area contributed by atoms with Crippen molar-refractivity contribution in [2.24, 2.45) is 4.99 Å². The molecule has 0 aliphatic carbocycles. The molecule has 7 heteroatoms. The number of ether oxygens (including phenoxy) is 1. The predicted octanol–water partition coefficient (Wildman–Crippen LogP) is 4.31. The molecule has 28 heavy (non-hydrogen) atoms. The summed E-state index contributed by atoms with van der Waals surface area (Å²) in [6.07, 6.45) is 4.05. The van der Waals surface area contributed by atoms with E-state index in [0.29, 0.717) is 18.5 Å². The lowest BCUT2D eigenvalue weighted by molar-refractivity contribution is -0.0772. The number of nitrogens with one attached hydrogen (secondary N) is 1. The first-order valence-corrected chi connectivity index (χ1v) is 9.58. The smallest absolute Gasteiger partial charge is 0.226 e. The van der Waals surface area contributed by atoms with Crippen molar-refractivity contribution >= 4 is 29.9 Å². The van der Waals surface area contributed by atoms with Gasteiger partial charge in [0.05, 0.1) is 23.9 Å². The van der Waals surface area contributed by atoms with E-state index in [1.54, 1.807) is 6.26 Å². The zero-order valence-electron chi connectivity index (χ0n) is 17.1. The molecule has 1 aliphatic heterocycles. The Hall–Kier alpha value is -1.61. The van der Waals surface area contributed by atoms with Crippen LogP contribution in [0.25, 0.3) is 11.5 Å². The Morgan fingerprint density at radius 3 is 2.54 bits per heavy atom. The third-order valence-electron chi connectivity index (χ3n) is 4.47. The van der Waals surface area contributed by atoms with E-state index >= 15 is 0 Å². The lowest BCUT2D eigenvalue weighted by Crippen LogP contribution is -2.47. The van der Waals surface area contributed by atoms with Crippen LogP contribution in [0.4, 0.5) is 0 Å². The van der Waals surface area contributed by atoms with Gasteiger partial charge >= 0.3 is 0 Å². The second kappa shape index (κ2) is 10.2. The Bertz CT molecular complexity index is 747. The highest BCUT2D eigenvalue weighted by Crippen LogP contribution is 2.21. The fraction of sp³-hybridized carbons (Fsp3) is 0.524. The van der Waals surface area contributed by atoms with Crippen molar-refractivity contribution in [3.63, 3.8) is 0 Å². The Labute approximate surface area is 184 Å². The van der Waals surface area contributed by atoms with E-state index in [9.17, 15) is 0 Å². The number of rotatable bonds is 4. The molecule has 6 nitrogen and oxygen atoms in total. The minimum absolute atomic E-state index is 0. The van der Waals surface area contributed by atoms with Crippen LogP contribution in [0.3, 0.4) is 0 Å². The van der Waals surface area contributed by atoms with E-state index in [1.165, 1.54) is 0 Å². The highest BCUT2D eigenvalue weighted by Gasteiger charge is 2.25. The molecule has 2 heterocycles. The van der Waals surface area contributed by atoms with Crippen molar-refractivity contribution in [2.45, 2.75) is 51.9 Å². The average Bonchev–Trinajstić information content (AvgIpc) is 3.12. The van der Waals surface area contributed by atoms with Crippen molar-refractivity contribution < 1.29 is 9.15 Å². The minimum Gasteiger partial charge on any atom is -0.444 e. The predicted molar refractivity (Wildman–Crippen MR) is 123 cm³/mol. The third-order valence-corrected chi connectivity index (χ3v) is 4.47. The Kier molecular flexibility index (Phi) is 8.30. The molecule has 1 fully saturated rings. The third kappa shape index (κ3) is 6.48. The second-order valence-electron chi connectivity index (χ2n) is 7.83. The molecule has 154 valence electrons. The van der Waals surface area contributed by atoms with Crippen LogP contribution in [0.2, 0.25) is 0 Å². The number of aromatic nitrogens is 1. The number of nitrogens with zero attached hydrogens (tertiary/aromatic N) is 3. The van der Waals surface area contributed by atoms with Crippen LogP contribution in [-0.2, 0) is 11.3 Å². The Balaban J connectivity index is 0.00000280. The van der Waals surface area contributed by atoms with Crippen LogP contribution in [-0.4, -0.2) is 47.7 Å². The topological polar surface area (TPSA) is 62.9 Å². The summed E-state index contributed by atoms with van der Waals surface area (Å²) < 4.78 is 11.7. The molecule has 0 unspecified atom stereocenters. The molecule has 2 aromatic rings. The maximum Gasteiger partial charge on any atom is 0.226 e. The van der Waals surface area contributed by atoms with Gasteiger partial charge in [-0.1, -0.05) is 18.2 Å². The molecule has 1 aliphatic rings. The number of hydrogen-bond donors (Lipinski definition) is 1. The summed E-state index contributed by atoms with van der Waals surface area (Å²) in [5, 5.41) is 3.40. The number of guanidine groups is 1. The van der Waals surface area contributed by atoms with Gasteiger partial charge in [-0.3, -0.25) is 4.99 Å². The summed E-state index contributed by atoms with van der Waals surface area (Å²) >= 11 is 0. The SMILES string of the molecule is CN=C(NCc1coc(-c2ccccc2)n1)N1CCC(OC(C)(C)C)CC1.I. The zero-order valence-corrected chi connectivity index (χ0v) is 19.5. The monoisotopic (exact) mass is 498 g/mol. The molecular weight excluding hydrogens is 467 g/mol. The molecule has 1 saturated heterocycles. The summed E-state index contributed by atoms with van der Waals surface area (Å²) in [6.45, 7) is 8.80.